The number of fused-ring (bicyclic) bond motifs is 1. The average molecular weight is 361 g/mol. The summed E-state index contributed by atoms with van der Waals surface area (Å²) >= 11 is 0. The van der Waals surface area contributed by atoms with Crippen molar-refractivity contribution in [2.75, 3.05) is 12.3 Å². The molecule has 0 amide bonds. The van der Waals surface area contributed by atoms with Crippen LogP contribution in [0.15, 0.2) is 30.6 Å². The van der Waals surface area contributed by atoms with Gasteiger partial charge in [-0.1, -0.05) is 12.1 Å². The lowest BCUT2D eigenvalue weighted by molar-refractivity contribution is 0.268. The van der Waals surface area contributed by atoms with Gasteiger partial charge in [0.05, 0.1) is 23.5 Å². The minimum absolute atomic E-state index is 0.243. The molecule has 1 heterocycles. The van der Waals surface area contributed by atoms with Gasteiger partial charge < -0.3 is 10.8 Å². The Balaban J connectivity index is 2.15. The quantitative estimate of drug-likeness (QED) is 0.850. The number of aliphatic hydroxyl groups is 1. The van der Waals surface area contributed by atoms with Gasteiger partial charge in [0.15, 0.2) is 0 Å². The first-order valence-electron chi connectivity index (χ1n) is 9.60. The Morgan fingerprint density at radius 3 is 2.81 bits per heavy atom. The first-order valence-corrected chi connectivity index (χ1v) is 9.60. The largest absolute Gasteiger partial charge is 0.397 e. The topological polar surface area (TPSA) is 82.9 Å². The molecule has 4 heteroatoms. The summed E-state index contributed by atoms with van der Waals surface area (Å²) in [6.45, 7) is 4.26. The van der Waals surface area contributed by atoms with E-state index in [0.717, 1.165) is 59.9 Å². The number of nitriles is 1. The van der Waals surface area contributed by atoms with Crippen LogP contribution in [-0.4, -0.2) is 16.7 Å². The number of hydrogen-bond donors (Lipinski definition) is 2. The van der Waals surface area contributed by atoms with Gasteiger partial charge in [0, 0.05) is 18.4 Å². The molecule has 0 radical (unpaired) electrons. The predicted molar refractivity (Wildman–Crippen MR) is 109 cm³/mol. The Morgan fingerprint density at radius 2 is 2.07 bits per heavy atom. The number of nitrogen functional groups attached to an aromatic ring is 1. The standard InChI is InChI=1S/C23H27N3O/c1-15-10-18-7-5-17(4-3-9-27)6-8-20(21(18)11-19(15)12-24)22-13-26-14-23(25)16(22)2/h8,10-11,13-14,17,27H,3-7,9,25H2,1-2H3/b20-8+. The van der Waals surface area contributed by atoms with Crippen LogP contribution in [-0.2, 0) is 6.42 Å². The van der Waals surface area contributed by atoms with Crippen LogP contribution in [0.5, 0.6) is 0 Å². The summed E-state index contributed by atoms with van der Waals surface area (Å²) in [7, 11) is 0. The van der Waals surface area contributed by atoms with Crippen LogP contribution < -0.4 is 5.73 Å². The zero-order chi connectivity index (χ0) is 19.4. The van der Waals surface area contributed by atoms with E-state index in [0.29, 0.717) is 17.2 Å². The highest BCUT2D eigenvalue weighted by Crippen LogP contribution is 2.36. The van der Waals surface area contributed by atoms with E-state index in [1.54, 1.807) is 6.20 Å². The number of pyridine rings is 1. The van der Waals surface area contributed by atoms with E-state index in [1.165, 1.54) is 5.56 Å². The van der Waals surface area contributed by atoms with Gasteiger partial charge in [0.1, 0.15) is 0 Å². The third-order valence-corrected chi connectivity index (χ3v) is 5.65. The lowest BCUT2D eigenvalue weighted by Gasteiger charge is -2.23. The molecule has 1 aliphatic rings. The number of allylic oxidation sites excluding steroid dienone is 1. The van der Waals surface area contributed by atoms with Crippen molar-refractivity contribution in [3.05, 3.63) is 64.0 Å². The lowest BCUT2D eigenvalue weighted by Crippen LogP contribution is -2.09. The van der Waals surface area contributed by atoms with Gasteiger partial charge in [-0.2, -0.15) is 5.26 Å². The molecular formula is C23H27N3O. The molecule has 0 saturated heterocycles. The number of nitrogens with zero attached hydrogens (tertiary/aromatic N) is 2. The molecule has 0 fully saturated rings. The van der Waals surface area contributed by atoms with Crippen LogP contribution in [0.25, 0.3) is 5.57 Å². The van der Waals surface area contributed by atoms with E-state index in [-0.39, 0.29) is 6.61 Å². The first-order chi connectivity index (χ1) is 13.0. The van der Waals surface area contributed by atoms with E-state index in [9.17, 15) is 10.4 Å². The second-order valence-electron chi connectivity index (χ2n) is 7.46. The van der Waals surface area contributed by atoms with Crippen molar-refractivity contribution >= 4 is 11.3 Å². The smallest absolute Gasteiger partial charge is 0.0994 e. The van der Waals surface area contributed by atoms with E-state index in [4.69, 9.17) is 5.73 Å². The monoisotopic (exact) mass is 361 g/mol. The van der Waals surface area contributed by atoms with Crippen molar-refractivity contribution in [1.82, 2.24) is 4.98 Å². The molecule has 0 aliphatic heterocycles. The highest BCUT2D eigenvalue weighted by atomic mass is 16.2. The normalized spacial score (nSPS) is 18.6. The van der Waals surface area contributed by atoms with Crippen molar-refractivity contribution in [2.24, 2.45) is 5.92 Å². The maximum atomic E-state index is 9.52. The number of aliphatic hydroxyl groups excluding tert-OH is 1. The summed E-state index contributed by atoms with van der Waals surface area (Å²) in [5, 5.41) is 18.7. The van der Waals surface area contributed by atoms with E-state index in [2.05, 4.69) is 23.2 Å². The zero-order valence-electron chi connectivity index (χ0n) is 16.1. The zero-order valence-corrected chi connectivity index (χ0v) is 16.1. The highest BCUT2D eigenvalue weighted by Gasteiger charge is 2.20. The minimum Gasteiger partial charge on any atom is -0.397 e. The third-order valence-electron chi connectivity index (χ3n) is 5.65. The van der Waals surface area contributed by atoms with Crippen LogP contribution in [0.2, 0.25) is 0 Å². The van der Waals surface area contributed by atoms with Gasteiger partial charge >= 0.3 is 0 Å². The Morgan fingerprint density at radius 1 is 1.26 bits per heavy atom. The number of benzene rings is 1. The van der Waals surface area contributed by atoms with E-state index >= 15 is 0 Å². The molecule has 0 spiro atoms. The first kappa shape index (κ1) is 19.1. The maximum absolute atomic E-state index is 9.52. The summed E-state index contributed by atoms with van der Waals surface area (Å²) in [5.74, 6) is 0.547. The molecule has 3 N–H and O–H groups in total. The fourth-order valence-electron chi connectivity index (χ4n) is 3.93. The molecule has 27 heavy (non-hydrogen) atoms. The molecule has 1 aromatic heterocycles. The van der Waals surface area contributed by atoms with Gasteiger partial charge in [-0.3, -0.25) is 4.98 Å². The SMILES string of the molecule is Cc1cc2c(cc1C#N)/C(c1cncc(N)c1C)=C\CC(CCCO)CC2. The molecule has 1 aliphatic carbocycles. The van der Waals surface area contributed by atoms with Gasteiger partial charge in [-0.15, -0.1) is 0 Å². The molecule has 140 valence electrons. The number of anilines is 1. The third kappa shape index (κ3) is 4.04. The predicted octanol–water partition coefficient (Wildman–Crippen LogP) is 4.31. The summed E-state index contributed by atoms with van der Waals surface area (Å²) in [6.07, 6.45) is 10.7. The van der Waals surface area contributed by atoms with Crippen molar-refractivity contribution < 1.29 is 5.11 Å². The van der Waals surface area contributed by atoms with E-state index in [1.807, 2.05) is 26.1 Å². The summed E-state index contributed by atoms with van der Waals surface area (Å²) in [6, 6.07) is 6.50. The number of hydrogen-bond acceptors (Lipinski definition) is 4. The molecule has 2 aromatic rings. The maximum Gasteiger partial charge on any atom is 0.0994 e. The second kappa shape index (κ2) is 8.37. The molecular weight excluding hydrogens is 334 g/mol. The van der Waals surface area contributed by atoms with Crippen LogP contribution >= 0.6 is 0 Å². The van der Waals surface area contributed by atoms with E-state index < -0.39 is 0 Å². The van der Waals surface area contributed by atoms with Crippen LogP contribution in [0.3, 0.4) is 0 Å². The number of aryl methyl sites for hydroxylation is 2. The van der Waals surface area contributed by atoms with Gasteiger partial charge in [0.25, 0.3) is 0 Å². The Labute approximate surface area is 161 Å². The summed E-state index contributed by atoms with van der Waals surface area (Å²) < 4.78 is 0. The molecule has 1 aromatic carbocycles. The minimum atomic E-state index is 0.243. The highest BCUT2D eigenvalue weighted by molar-refractivity contribution is 5.85. The van der Waals surface area contributed by atoms with Crippen molar-refractivity contribution in [2.45, 2.75) is 46.0 Å². The fraction of sp³-hybridized carbons (Fsp3) is 0.391. The number of rotatable bonds is 4. The second-order valence-corrected chi connectivity index (χ2v) is 7.46. The molecule has 1 atom stereocenters. The Hall–Kier alpha value is -2.64. The van der Waals surface area contributed by atoms with Gasteiger partial charge in [-0.05, 0) is 85.8 Å². The van der Waals surface area contributed by atoms with Crippen molar-refractivity contribution in [1.29, 1.82) is 5.26 Å². The number of aromatic nitrogens is 1. The lowest BCUT2D eigenvalue weighted by atomic mass is 9.81. The summed E-state index contributed by atoms with van der Waals surface area (Å²) in [4.78, 5) is 4.31. The Kier molecular flexibility index (Phi) is 5.93. The van der Waals surface area contributed by atoms with Crippen LogP contribution in [0.4, 0.5) is 5.69 Å². The molecule has 1 unspecified atom stereocenters. The van der Waals surface area contributed by atoms with Crippen LogP contribution in [0.1, 0.15) is 59.1 Å². The number of nitrogens with two attached hydrogens (primary N) is 1. The van der Waals surface area contributed by atoms with Crippen molar-refractivity contribution in [3.8, 4) is 6.07 Å². The van der Waals surface area contributed by atoms with Gasteiger partial charge in [-0.25, -0.2) is 0 Å². The van der Waals surface area contributed by atoms with Crippen molar-refractivity contribution in [3.63, 3.8) is 0 Å². The average Bonchev–Trinajstić information content (AvgIpc) is 2.65. The Bertz CT molecular complexity index is 909. The van der Waals surface area contributed by atoms with Crippen LogP contribution in [0, 0.1) is 31.1 Å². The molecule has 3 rings (SSSR count). The molecule has 4 nitrogen and oxygen atoms in total. The molecule has 0 bridgehead atoms. The fourth-order valence-corrected chi connectivity index (χ4v) is 3.93. The summed E-state index contributed by atoms with van der Waals surface area (Å²) in [5.41, 5.74) is 14.1. The van der Waals surface area contributed by atoms with Gasteiger partial charge in [0.2, 0.25) is 0 Å². The molecule has 0 saturated carbocycles.